The summed E-state index contributed by atoms with van der Waals surface area (Å²) < 4.78 is 0. The van der Waals surface area contributed by atoms with E-state index in [1.165, 1.54) is 0 Å². The van der Waals surface area contributed by atoms with Crippen molar-refractivity contribution >= 4 is 40.8 Å². The molecule has 1 aliphatic heterocycles. The minimum absolute atomic E-state index is 0.0228. The summed E-state index contributed by atoms with van der Waals surface area (Å²) in [6, 6.07) is 5.58. The molecule has 0 radical (unpaired) electrons. The summed E-state index contributed by atoms with van der Waals surface area (Å²) >= 11 is 0. The van der Waals surface area contributed by atoms with Crippen LogP contribution in [0.3, 0.4) is 0 Å². The van der Waals surface area contributed by atoms with Gasteiger partial charge in [-0.25, -0.2) is 4.79 Å². The number of anilines is 4. The number of hydrogen-bond donors (Lipinski definition) is 5. The van der Waals surface area contributed by atoms with Crippen molar-refractivity contribution < 1.29 is 19.5 Å². The molecule has 0 fully saturated rings. The van der Waals surface area contributed by atoms with Crippen molar-refractivity contribution in [3.63, 3.8) is 0 Å². The van der Waals surface area contributed by atoms with Gasteiger partial charge in [0.2, 0.25) is 5.95 Å². The van der Waals surface area contributed by atoms with E-state index in [0.29, 0.717) is 30.2 Å². The van der Waals surface area contributed by atoms with Crippen molar-refractivity contribution in [2.75, 3.05) is 48.0 Å². The average molecular weight is 514 g/mol. The number of hydrogen-bond acceptors (Lipinski definition) is 9. The molecule has 37 heavy (non-hydrogen) atoms. The van der Waals surface area contributed by atoms with Gasteiger partial charge in [-0.05, 0) is 30.7 Å². The van der Waals surface area contributed by atoms with Gasteiger partial charge in [0.05, 0.1) is 6.04 Å². The summed E-state index contributed by atoms with van der Waals surface area (Å²) in [5.74, 6) is -1.27. The Morgan fingerprint density at radius 3 is 2.51 bits per heavy atom. The molecule has 2 unspecified atom stereocenters. The first-order valence-electron chi connectivity index (χ1n) is 12.0. The van der Waals surface area contributed by atoms with Crippen LogP contribution < -0.4 is 31.7 Å². The van der Waals surface area contributed by atoms with E-state index in [9.17, 15) is 24.3 Å². The number of nitrogen functional groups attached to an aromatic ring is 1. The first-order valence-corrected chi connectivity index (χ1v) is 12.0. The molecule has 1 aromatic heterocycles. The monoisotopic (exact) mass is 513 g/mol. The highest BCUT2D eigenvalue weighted by atomic mass is 16.4. The number of aliphatic carboxylic acids is 1. The Morgan fingerprint density at radius 1 is 1.27 bits per heavy atom. The molecule has 0 spiro atoms. The van der Waals surface area contributed by atoms with Crippen LogP contribution in [0.1, 0.15) is 44.0 Å². The number of nitrogens with zero attached hydrogens (tertiary/aromatic N) is 3. The Hall–Kier alpha value is -4.09. The van der Waals surface area contributed by atoms with Gasteiger partial charge in [0, 0.05) is 50.3 Å². The highest BCUT2D eigenvalue weighted by molar-refractivity contribution is 5.97. The Bertz CT molecular complexity index is 1220. The van der Waals surface area contributed by atoms with Crippen LogP contribution in [0.2, 0.25) is 0 Å². The number of carboxylic acids is 1. The molecular weight excluding hydrogens is 478 g/mol. The molecule has 0 saturated heterocycles. The lowest BCUT2D eigenvalue weighted by atomic mass is 9.87. The van der Waals surface area contributed by atoms with Gasteiger partial charge in [-0.15, -0.1) is 0 Å². The Kier molecular flexibility index (Phi) is 8.09. The summed E-state index contributed by atoms with van der Waals surface area (Å²) in [5, 5.41) is 15.2. The van der Waals surface area contributed by atoms with Crippen LogP contribution >= 0.6 is 0 Å². The number of ketones is 1. The lowest BCUT2D eigenvalue weighted by molar-refractivity contribution is -0.139. The number of benzene rings is 1. The lowest BCUT2D eigenvalue weighted by Gasteiger charge is -2.37. The second kappa shape index (κ2) is 10.9. The van der Waals surface area contributed by atoms with Gasteiger partial charge in [-0.2, -0.15) is 4.98 Å². The summed E-state index contributed by atoms with van der Waals surface area (Å²) in [5.41, 5.74) is 6.32. The molecule has 12 heteroatoms. The molecular formula is C25H35N7O5. The van der Waals surface area contributed by atoms with Crippen LogP contribution in [-0.4, -0.2) is 72.0 Å². The number of carbonyl (C=O) groups is 3. The average Bonchev–Trinajstić information content (AvgIpc) is 2.81. The number of nitrogens with one attached hydrogen (secondary N) is 3. The van der Waals surface area contributed by atoms with E-state index < -0.39 is 23.3 Å². The Morgan fingerprint density at radius 2 is 1.92 bits per heavy atom. The van der Waals surface area contributed by atoms with Gasteiger partial charge in [-0.3, -0.25) is 19.4 Å². The van der Waals surface area contributed by atoms with Crippen molar-refractivity contribution in [3.05, 3.63) is 40.2 Å². The number of Topliss-reactive ketones (excluding diaryl/α,β-unsaturated/α-hetero) is 1. The normalized spacial score (nSPS) is 15.8. The van der Waals surface area contributed by atoms with Gasteiger partial charge in [0.25, 0.3) is 11.5 Å². The molecule has 1 aromatic carbocycles. The number of rotatable bonds is 9. The third-order valence-corrected chi connectivity index (χ3v) is 6.47. The smallest absolute Gasteiger partial charge is 0.326 e. The minimum Gasteiger partial charge on any atom is -0.480 e. The van der Waals surface area contributed by atoms with Crippen molar-refractivity contribution in [3.8, 4) is 0 Å². The molecule has 0 bridgehead atoms. The van der Waals surface area contributed by atoms with E-state index in [-0.39, 0.29) is 36.2 Å². The first-order chi connectivity index (χ1) is 17.3. The maximum Gasteiger partial charge on any atom is 0.326 e. The number of aromatic nitrogens is 2. The molecule has 12 nitrogen and oxygen atoms in total. The van der Waals surface area contributed by atoms with Gasteiger partial charge in [0.1, 0.15) is 17.5 Å². The largest absolute Gasteiger partial charge is 0.480 e. The fraction of sp³-hybridized carbons (Fsp3) is 0.480. The van der Waals surface area contributed by atoms with E-state index in [2.05, 4.69) is 20.6 Å². The Labute approximate surface area is 215 Å². The number of carbonyl (C=O) groups excluding carboxylic acids is 2. The number of H-pyrrole nitrogens is 1. The third-order valence-electron chi connectivity index (χ3n) is 6.47. The highest BCUT2D eigenvalue weighted by Gasteiger charge is 2.29. The molecule has 1 aliphatic rings. The summed E-state index contributed by atoms with van der Waals surface area (Å²) in [6.07, 6.45) is 0.0871. The Balaban J connectivity index is 1.62. The van der Waals surface area contributed by atoms with Crippen molar-refractivity contribution in [2.24, 2.45) is 5.41 Å². The second-order valence-electron chi connectivity index (χ2n) is 10.3. The maximum atomic E-state index is 12.7. The van der Waals surface area contributed by atoms with Gasteiger partial charge in [0.15, 0.2) is 5.82 Å². The molecule has 2 aromatic rings. The second-order valence-corrected chi connectivity index (χ2v) is 10.3. The highest BCUT2D eigenvalue weighted by Crippen LogP contribution is 2.26. The van der Waals surface area contributed by atoms with Crippen LogP contribution in [0, 0.1) is 5.41 Å². The van der Waals surface area contributed by atoms with Crippen molar-refractivity contribution in [2.45, 2.75) is 45.7 Å². The molecule has 2 atom stereocenters. The number of fused-ring (bicyclic) bond motifs is 1. The van der Waals surface area contributed by atoms with E-state index in [1.54, 1.807) is 45.0 Å². The fourth-order valence-corrected chi connectivity index (χ4v) is 4.09. The van der Waals surface area contributed by atoms with E-state index in [4.69, 9.17) is 5.73 Å². The SMILES string of the molecule is CN(CC1CNc2nc(N)[nH]c(=O)c2N1C)c1ccc(C(=O)NC(CCC(=O)C(C)(C)C)C(=O)O)cc1. The van der Waals surface area contributed by atoms with E-state index in [0.717, 1.165) is 5.69 Å². The minimum atomic E-state index is -1.19. The molecule has 0 saturated carbocycles. The summed E-state index contributed by atoms with van der Waals surface area (Å²) in [6.45, 7) is 6.45. The number of likely N-dealkylation sites (N-methyl/N-ethyl adjacent to an activating group) is 2. The summed E-state index contributed by atoms with van der Waals surface area (Å²) in [7, 11) is 3.73. The first kappa shape index (κ1) is 27.5. The van der Waals surface area contributed by atoms with Gasteiger partial charge >= 0.3 is 5.97 Å². The molecule has 200 valence electrons. The van der Waals surface area contributed by atoms with E-state index >= 15 is 0 Å². The zero-order valence-corrected chi connectivity index (χ0v) is 21.8. The predicted octanol–water partition coefficient (Wildman–Crippen LogP) is 1.30. The standard InChI is InChI=1S/C25H35N7O5/c1-25(2,3)18(33)11-10-17(23(36)37)28-21(34)14-6-8-15(9-7-14)31(4)13-16-12-27-20-19(32(16)5)22(35)30-24(26)29-20/h6-9,16-17H,10-13H2,1-5H3,(H,28,34)(H,36,37)(H4,26,27,29,30,35). The fourth-order valence-electron chi connectivity index (χ4n) is 4.09. The van der Waals surface area contributed by atoms with Gasteiger partial charge < -0.3 is 31.3 Å². The number of carboxylic acid groups (broad SMARTS) is 1. The zero-order valence-electron chi connectivity index (χ0n) is 21.8. The topological polar surface area (TPSA) is 174 Å². The van der Waals surface area contributed by atoms with E-state index in [1.807, 2.05) is 23.9 Å². The molecule has 3 rings (SSSR count). The maximum absolute atomic E-state index is 12.7. The molecule has 0 aliphatic carbocycles. The van der Waals surface area contributed by atoms with Gasteiger partial charge in [-0.1, -0.05) is 20.8 Å². The van der Waals surface area contributed by atoms with Crippen LogP contribution in [0.5, 0.6) is 0 Å². The van der Waals surface area contributed by atoms with Crippen LogP contribution in [0.4, 0.5) is 23.1 Å². The predicted molar refractivity (Wildman–Crippen MR) is 142 cm³/mol. The number of amides is 1. The molecule has 1 amide bonds. The number of nitrogens with two attached hydrogens (primary N) is 1. The van der Waals surface area contributed by atoms with Crippen LogP contribution in [-0.2, 0) is 9.59 Å². The van der Waals surface area contributed by atoms with Crippen molar-refractivity contribution in [1.29, 1.82) is 0 Å². The third kappa shape index (κ3) is 6.57. The van der Waals surface area contributed by atoms with Crippen LogP contribution in [0.25, 0.3) is 0 Å². The lowest BCUT2D eigenvalue weighted by Crippen LogP contribution is -2.50. The molecule has 6 N–H and O–H groups in total. The number of aromatic amines is 1. The zero-order chi connectivity index (χ0) is 27.5. The van der Waals surface area contributed by atoms with Crippen LogP contribution in [0.15, 0.2) is 29.1 Å². The summed E-state index contributed by atoms with van der Waals surface area (Å²) in [4.78, 5) is 59.4. The van der Waals surface area contributed by atoms with Crippen molar-refractivity contribution in [1.82, 2.24) is 15.3 Å². The molecule has 2 heterocycles. The quantitative estimate of drug-likeness (QED) is 0.329.